The smallest absolute Gasteiger partial charge is 0.240 e. The fraction of sp³-hybridized carbons (Fsp3) is 0.258. The van der Waals surface area contributed by atoms with Crippen molar-refractivity contribution in [2.45, 2.75) is 31.2 Å². The zero-order valence-corrected chi connectivity index (χ0v) is 22.4. The number of ether oxygens (including phenoxy) is 3. The molecular weight excluding hydrogens is 527 g/mol. The highest BCUT2D eigenvalue weighted by Gasteiger charge is 2.56. The van der Waals surface area contributed by atoms with E-state index in [1.54, 1.807) is 61.8 Å². The molecule has 0 saturated heterocycles. The number of nitrogens with one attached hydrogen (secondary N) is 2. The summed E-state index contributed by atoms with van der Waals surface area (Å²) in [5, 5.41) is 5.97. The third-order valence-corrected chi connectivity index (χ3v) is 7.46. The van der Waals surface area contributed by atoms with Crippen LogP contribution in [0.2, 0.25) is 0 Å². The van der Waals surface area contributed by atoms with E-state index in [1.807, 2.05) is 6.07 Å². The molecule has 1 aromatic heterocycles. The van der Waals surface area contributed by atoms with Crippen LogP contribution < -0.4 is 30.6 Å². The van der Waals surface area contributed by atoms with Gasteiger partial charge in [-0.05, 0) is 62.1 Å². The van der Waals surface area contributed by atoms with Crippen LogP contribution >= 0.6 is 0 Å². The predicted molar refractivity (Wildman–Crippen MR) is 152 cm³/mol. The van der Waals surface area contributed by atoms with Gasteiger partial charge in [-0.15, -0.1) is 0 Å². The number of nitrogens with two attached hydrogens (primary N) is 1. The zero-order valence-electron chi connectivity index (χ0n) is 22.4. The van der Waals surface area contributed by atoms with Gasteiger partial charge in [-0.25, -0.2) is 4.39 Å². The van der Waals surface area contributed by atoms with Crippen LogP contribution in [0.15, 0.2) is 72.9 Å². The van der Waals surface area contributed by atoms with Gasteiger partial charge in [-0.3, -0.25) is 14.6 Å². The summed E-state index contributed by atoms with van der Waals surface area (Å²) in [5.41, 5.74) is 5.79. The maximum atomic E-state index is 15.1. The topological polar surface area (TPSA) is 125 Å². The van der Waals surface area contributed by atoms with Gasteiger partial charge in [0.2, 0.25) is 11.8 Å². The molecule has 0 aliphatic heterocycles. The molecule has 2 aliphatic rings. The lowest BCUT2D eigenvalue weighted by molar-refractivity contribution is -0.131. The Morgan fingerprint density at radius 2 is 1.68 bits per heavy atom. The van der Waals surface area contributed by atoms with E-state index in [2.05, 4.69) is 15.6 Å². The molecular formula is C31H29FN4O5. The van der Waals surface area contributed by atoms with Crippen molar-refractivity contribution in [1.29, 1.82) is 0 Å². The van der Waals surface area contributed by atoms with Crippen molar-refractivity contribution < 1.29 is 28.2 Å². The number of hydrogen-bond donors (Lipinski definition) is 3. The van der Waals surface area contributed by atoms with E-state index in [-0.39, 0.29) is 17.0 Å². The maximum Gasteiger partial charge on any atom is 0.240 e. The first-order valence-corrected chi connectivity index (χ1v) is 13.3. The summed E-state index contributed by atoms with van der Waals surface area (Å²) in [6.07, 6.45) is 4.20. The highest BCUT2D eigenvalue weighted by Crippen LogP contribution is 2.48. The first-order valence-electron chi connectivity index (χ1n) is 13.3. The maximum absolute atomic E-state index is 15.1. The number of hydrogen-bond acceptors (Lipinski definition) is 7. The van der Waals surface area contributed by atoms with Gasteiger partial charge >= 0.3 is 0 Å². The Bertz CT molecular complexity index is 1640. The number of anilines is 2. The second kappa shape index (κ2) is 10.4. The van der Waals surface area contributed by atoms with Crippen molar-refractivity contribution in [3.8, 4) is 23.0 Å². The Hall–Kier alpha value is -4.70. The minimum absolute atomic E-state index is 0.0440. The van der Waals surface area contributed by atoms with Crippen molar-refractivity contribution in [2.75, 3.05) is 24.4 Å². The number of fused-ring (bicyclic) bond motifs is 1. The van der Waals surface area contributed by atoms with Gasteiger partial charge in [0.05, 0.1) is 23.9 Å². The van der Waals surface area contributed by atoms with E-state index in [4.69, 9.17) is 19.9 Å². The molecule has 10 heteroatoms. The largest absolute Gasteiger partial charge is 0.493 e. The van der Waals surface area contributed by atoms with Gasteiger partial charge < -0.3 is 30.6 Å². The molecule has 0 unspecified atom stereocenters. The molecule has 2 saturated carbocycles. The molecule has 0 radical (unpaired) electrons. The van der Waals surface area contributed by atoms with Crippen molar-refractivity contribution in [3.05, 3.63) is 78.7 Å². The van der Waals surface area contributed by atoms with Crippen LogP contribution in [-0.2, 0) is 9.59 Å². The first-order chi connectivity index (χ1) is 19.8. The lowest BCUT2D eigenvalue weighted by Gasteiger charge is -2.17. The Morgan fingerprint density at radius 3 is 2.37 bits per heavy atom. The third kappa shape index (κ3) is 5.51. The lowest BCUT2D eigenvalue weighted by Crippen LogP contribution is -2.35. The molecule has 0 atom stereocenters. The normalized spacial score (nSPS) is 16.0. The van der Waals surface area contributed by atoms with E-state index < -0.39 is 23.0 Å². The second-order valence-corrected chi connectivity index (χ2v) is 10.6. The van der Waals surface area contributed by atoms with E-state index in [9.17, 15) is 9.59 Å². The van der Waals surface area contributed by atoms with Crippen LogP contribution in [0, 0.1) is 11.2 Å². The summed E-state index contributed by atoms with van der Waals surface area (Å²) in [5.74, 6) is 0.0124. The monoisotopic (exact) mass is 556 g/mol. The molecule has 0 spiro atoms. The molecule has 210 valence electrons. The van der Waals surface area contributed by atoms with Crippen LogP contribution in [0.25, 0.3) is 10.9 Å². The summed E-state index contributed by atoms with van der Waals surface area (Å²) in [6.45, 7) is 0.381. The van der Waals surface area contributed by atoms with Crippen molar-refractivity contribution in [1.82, 2.24) is 4.98 Å². The minimum Gasteiger partial charge on any atom is -0.493 e. The third-order valence-electron chi connectivity index (χ3n) is 7.46. The van der Waals surface area contributed by atoms with Crippen LogP contribution in [0.3, 0.4) is 0 Å². The molecule has 1 heterocycles. The van der Waals surface area contributed by atoms with Gasteiger partial charge in [0.1, 0.15) is 29.3 Å². The Balaban J connectivity index is 1.16. The van der Waals surface area contributed by atoms with Gasteiger partial charge in [-0.2, -0.15) is 0 Å². The SMILES string of the molecule is COc1cc2c(Oc3ccc(NC(=O)C4(C(=O)Nc5ccccc5)CC4)c(F)c3)ccnc2cc1OCC1(N)CC1. The van der Waals surface area contributed by atoms with E-state index in [0.29, 0.717) is 53.3 Å². The second-order valence-electron chi connectivity index (χ2n) is 10.6. The van der Waals surface area contributed by atoms with E-state index in [0.717, 1.165) is 12.8 Å². The first kappa shape index (κ1) is 26.5. The highest BCUT2D eigenvalue weighted by atomic mass is 19.1. The van der Waals surface area contributed by atoms with Crippen molar-refractivity contribution in [3.63, 3.8) is 0 Å². The quantitative estimate of drug-likeness (QED) is 0.223. The Morgan fingerprint density at radius 1 is 0.927 bits per heavy atom. The number of carbonyl (C=O) groups is 2. The fourth-order valence-corrected chi connectivity index (χ4v) is 4.50. The molecule has 4 aromatic rings. The number of rotatable bonds is 10. The predicted octanol–water partition coefficient (Wildman–Crippen LogP) is 5.40. The number of methoxy groups -OCH3 is 1. The summed E-state index contributed by atoms with van der Waals surface area (Å²) >= 11 is 0. The molecule has 2 fully saturated rings. The summed E-state index contributed by atoms with van der Waals surface area (Å²) in [7, 11) is 1.54. The number of pyridine rings is 1. The molecule has 2 aliphatic carbocycles. The van der Waals surface area contributed by atoms with Gasteiger partial charge in [0.15, 0.2) is 11.5 Å². The molecule has 0 bridgehead atoms. The minimum atomic E-state index is -1.22. The lowest BCUT2D eigenvalue weighted by atomic mass is 10.0. The van der Waals surface area contributed by atoms with Crippen molar-refractivity contribution in [2.24, 2.45) is 11.1 Å². The van der Waals surface area contributed by atoms with Crippen molar-refractivity contribution >= 4 is 34.1 Å². The van der Waals surface area contributed by atoms with Gasteiger partial charge in [-0.1, -0.05) is 18.2 Å². The fourth-order valence-electron chi connectivity index (χ4n) is 4.50. The summed E-state index contributed by atoms with van der Waals surface area (Å²) in [4.78, 5) is 30.2. The number of nitrogens with zero attached hydrogens (tertiary/aromatic N) is 1. The number of carbonyl (C=O) groups excluding carboxylic acids is 2. The van der Waals surface area contributed by atoms with E-state index in [1.165, 1.54) is 12.1 Å². The van der Waals surface area contributed by atoms with Crippen LogP contribution in [0.1, 0.15) is 25.7 Å². The molecule has 41 heavy (non-hydrogen) atoms. The Labute approximate surface area is 235 Å². The standard InChI is InChI=1S/C31H29FN4O5/c1-39-26-16-21-24(17-27(26)40-18-30(33)10-11-30)34-14-9-25(21)41-20-7-8-23(22(32)15-20)36-29(38)31(12-13-31)28(37)35-19-5-3-2-4-6-19/h2-9,14-17H,10-13,18,33H2,1H3,(H,35,37)(H,36,38). The number of halogens is 1. The van der Waals surface area contributed by atoms with E-state index >= 15 is 4.39 Å². The average Bonchev–Trinajstić information content (AvgIpc) is 3.91. The molecule has 9 nitrogen and oxygen atoms in total. The van der Waals surface area contributed by atoms with Gasteiger partial charge in [0, 0.05) is 29.4 Å². The van der Waals surface area contributed by atoms with Crippen LogP contribution in [-0.4, -0.2) is 36.1 Å². The van der Waals surface area contributed by atoms with Gasteiger partial charge in [0.25, 0.3) is 0 Å². The molecule has 6 rings (SSSR count). The number of aromatic nitrogens is 1. The zero-order chi connectivity index (χ0) is 28.6. The molecule has 2 amide bonds. The summed E-state index contributed by atoms with van der Waals surface area (Å²) in [6, 6.07) is 18.2. The number of benzene rings is 3. The number of amides is 2. The van der Waals surface area contributed by atoms with Crippen LogP contribution in [0.5, 0.6) is 23.0 Å². The number of para-hydroxylation sites is 1. The summed E-state index contributed by atoms with van der Waals surface area (Å²) < 4.78 is 32.5. The average molecular weight is 557 g/mol. The molecule has 3 aromatic carbocycles. The highest BCUT2D eigenvalue weighted by molar-refractivity contribution is 6.16. The Kier molecular flexibility index (Phi) is 6.70. The molecule has 4 N–H and O–H groups in total. The van der Waals surface area contributed by atoms with Crippen LogP contribution in [0.4, 0.5) is 15.8 Å².